The van der Waals surface area contributed by atoms with Crippen molar-refractivity contribution in [2.24, 2.45) is 5.92 Å². The molecule has 0 aromatic heterocycles. The van der Waals surface area contributed by atoms with Gasteiger partial charge in [0.05, 0.1) is 4.90 Å². The molecule has 144 valence electrons. The molecule has 6 heteroatoms. The highest BCUT2D eigenvalue weighted by Gasteiger charge is 2.33. The average molecular weight is 387 g/mol. The van der Waals surface area contributed by atoms with Crippen LogP contribution in [0.1, 0.15) is 41.3 Å². The number of hydrogen-bond donors (Lipinski definition) is 1. The zero-order valence-corrected chi connectivity index (χ0v) is 17.0. The van der Waals surface area contributed by atoms with Crippen LogP contribution in [0.15, 0.2) is 47.4 Å². The van der Waals surface area contributed by atoms with E-state index in [4.69, 9.17) is 0 Å². The lowest BCUT2D eigenvalue weighted by Crippen LogP contribution is -2.36. The molecule has 3 rings (SSSR count). The Labute approximate surface area is 161 Å². The topological polar surface area (TPSA) is 66.5 Å². The van der Waals surface area contributed by atoms with Crippen molar-refractivity contribution in [3.05, 3.63) is 59.2 Å². The number of hydrogen-bond acceptors (Lipinski definition) is 3. The van der Waals surface area contributed by atoms with Gasteiger partial charge in [-0.15, -0.1) is 0 Å². The third kappa shape index (κ3) is 4.33. The lowest BCUT2D eigenvalue weighted by molar-refractivity contribution is 0.0727. The molecular formula is C21H26N2O3S. The summed E-state index contributed by atoms with van der Waals surface area (Å²) in [4.78, 5) is 14.7. The zero-order valence-electron chi connectivity index (χ0n) is 16.2. The first kappa shape index (κ1) is 19.4. The first-order valence-electron chi connectivity index (χ1n) is 9.16. The van der Waals surface area contributed by atoms with Gasteiger partial charge in [-0.25, -0.2) is 8.42 Å². The second-order valence-corrected chi connectivity index (χ2v) is 9.10. The summed E-state index contributed by atoms with van der Waals surface area (Å²) in [5.74, 6) is 0.400. The zero-order chi connectivity index (χ0) is 19.8. The van der Waals surface area contributed by atoms with Gasteiger partial charge in [0.2, 0.25) is 0 Å². The Bertz CT molecular complexity index is 948. The number of sulfonamides is 1. The monoisotopic (exact) mass is 386 g/mol. The summed E-state index contributed by atoms with van der Waals surface area (Å²) in [5, 5.41) is 0. The molecule has 0 radical (unpaired) electrons. The van der Waals surface area contributed by atoms with Crippen molar-refractivity contribution < 1.29 is 13.2 Å². The molecule has 0 saturated heterocycles. The minimum atomic E-state index is -3.78. The van der Waals surface area contributed by atoms with E-state index < -0.39 is 10.0 Å². The van der Waals surface area contributed by atoms with Crippen LogP contribution in [-0.2, 0) is 10.0 Å². The van der Waals surface area contributed by atoms with E-state index in [9.17, 15) is 13.2 Å². The van der Waals surface area contributed by atoms with E-state index in [0.717, 1.165) is 18.4 Å². The van der Waals surface area contributed by atoms with Crippen LogP contribution >= 0.6 is 0 Å². The van der Waals surface area contributed by atoms with Crippen LogP contribution in [-0.4, -0.2) is 32.3 Å². The Balaban J connectivity index is 1.87. The number of rotatable bonds is 6. The van der Waals surface area contributed by atoms with E-state index in [-0.39, 0.29) is 16.8 Å². The maximum absolute atomic E-state index is 12.9. The minimum absolute atomic E-state index is 0.126. The van der Waals surface area contributed by atoms with Crippen molar-refractivity contribution in [1.29, 1.82) is 0 Å². The molecule has 1 fully saturated rings. The highest BCUT2D eigenvalue weighted by molar-refractivity contribution is 7.92. The number of aryl methyl sites for hydroxylation is 2. The summed E-state index contributed by atoms with van der Waals surface area (Å²) in [7, 11) is -2.00. The summed E-state index contributed by atoms with van der Waals surface area (Å²) in [5.41, 5.74) is 2.54. The Morgan fingerprint density at radius 1 is 1.11 bits per heavy atom. The fourth-order valence-corrected chi connectivity index (χ4v) is 4.47. The molecule has 1 atom stereocenters. The summed E-state index contributed by atoms with van der Waals surface area (Å²) >= 11 is 0. The molecule has 2 aromatic rings. The first-order valence-corrected chi connectivity index (χ1v) is 10.6. The van der Waals surface area contributed by atoms with Gasteiger partial charge in [0.15, 0.2) is 0 Å². The lowest BCUT2D eigenvalue weighted by Gasteiger charge is -2.25. The number of nitrogens with one attached hydrogen (secondary N) is 1. The molecule has 1 unspecified atom stereocenters. The fourth-order valence-electron chi connectivity index (χ4n) is 3.14. The maximum Gasteiger partial charge on any atom is 0.262 e. The Morgan fingerprint density at radius 3 is 2.33 bits per heavy atom. The Kier molecular flexibility index (Phi) is 5.29. The molecule has 0 aliphatic heterocycles. The van der Waals surface area contributed by atoms with Crippen molar-refractivity contribution in [2.45, 2.75) is 44.6 Å². The number of carbonyl (C=O) groups excluding carboxylic acids is 1. The Morgan fingerprint density at radius 2 is 1.74 bits per heavy atom. The van der Waals surface area contributed by atoms with Gasteiger partial charge in [-0.1, -0.05) is 23.8 Å². The van der Waals surface area contributed by atoms with E-state index in [1.54, 1.807) is 43.1 Å². The molecule has 0 heterocycles. The van der Waals surface area contributed by atoms with Gasteiger partial charge >= 0.3 is 0 Å². The molecule has 0 spiro atoms. The molecular weight excluding hydrogens is 360 g/mol. The van der Waals surface area contributed by atoms with E-state index >= 15 is 0 Å². The molecule has 5 nitrogen and oxygen atoms in total. The van der Waals surface area contributed by atoms with Crippen LogP contribution in [0.25, 0.3) is 0 Å². The van der Waals surface area contributed by atoms with Crippen molar-refractivity contribution in [1.82, 2.24) is 4.90 Å². The molecule has 2 aromatic carbocycles. The number of nitrogens with zero attached hydrogens (tertiary/aromatic N) is 1. The van der Waals surface area contributed by atoms with Crippen LogP contribution in [0.5, 0.6) is 0 Å². The van der Waals surface area contributed by atoms with Gasteiger partial charge < -0.3 is 4.90 Å². The number of carbonyl (C=O) groups is 1. The summed E-state index contributed by atoms with van der Waals surface area (Å²) < 4.78 is 28.3. The number of benzene rings is 2. The minimum Gasteiger partial charge on any atom is -0.339 e. The molecule has 1 saturated carbocycles. The van der Waals surface area contributed by atoms with Gasteiger partial charge in [-0.2, -0.15) is 0 Å². The van der Waals surface area contributed by atoms with Gasteiger partial charge in [0.1, 0.15) is 0 Å². The van der Waals surface area contributed by atoms with Crippen LogP contribution in [0.3, 0.4) is 0 Å². The van der Waals surface area contributed by atoms with Crippen LogP contribution in [0, 0.1) is 19.8 Å². The van der Waals surface area contributed by atoms with Crippen molar-refractivity contribution in [3.8, 4) is 0 Å². The molecule has 1 aliphatic rings. The third-order valence-electron chi connectivity index (χ3n) is 5.26. The van der Waals surface area contributed by atoms with Gasteiger partial charge in [0, 0.05) is 24.3 Å². The number of amides is 1. The molecule has 1 amide bonds. The number of anilines is 1. The van der Waals surface area contributed by atoms with Gasteiger partial charge in [-0.3, -0.25) is 9.52 Å². The summed E-state index contributed by atoms with van der Waals surface area (Å²) in [6.45, 7) is 5.71. The van der Waals surface area contributed by atoms with E-state index in [0.29, 0.717) is 22.7 Å². The second-order valence-electron chi connectivity index (χ2n) is 7.45. The lowest BCUT2D eigenvalue weighted by atomic mass is 10.1. The SMILES string of the molecule is Cc1ccc(NS(=O)(=O)c2cc(C(=O)N(C)C(C)C3CC3)ccc2C)cc1. The first-order chi connectivity index (χ1) is 12.7. The van der Waals surface area contributed by atoms with Crippen LogP contribution in [0.4, 0.5) is 5.69 Å². The highest BCUT2D eigenvalue weighted by Crippen LogP contribution is 2.35. The van der Waals surface area contributed by atoms with E-state index in [1.807, 2.05) is 26.0 Å². The quantitative estimate of drug-likeness (QED) is 0.817. The molecule has 1 N–H and O–H groups in total. The summed E-state index contributed by atoms with van der Waals surface area (Å²) in [6.07, 6.45) is 2.29. The standard InChI is InChI=1S/C21H26N2O3S/c1-14-5-11-19(12-6-14)22-27(25,26)20-13-18(8-7-15(20)2)21(24)23(4)16(3)17-9-10-17/h5-8,11-13,16-17,22H,9-10H2,1-4H3. The third-order valence-corrected chi connectivity index (χ3v) is 6.79. The largest absolute Gasteiger partial charge is 0.339 e. The van der Waals surface area contributed by atoms with Gasteiger partial charge in [-0.05, 0) is 69.4 Å². The maximum atomic E-state index is 12.9. The molecule has 1 aliphatic carbocycles. The van der Waals surface area contributed by atoms with Crippen molar-refractivity contribution in [3.63, 3.8) is 0 Å². The van der Waals surface area contributed by atoms with Crippen molar-refractivity contribution >= 4 is 21.6 Å². The van der Waals surface area contributed by atoms with E-state index in [2.05, 4.69) is 4.72 Å². The average Bonchev–Trinajstić information content (AvgIpc) is 3.47. The smallest absolute Gasteiger partial charge is 0.262 e. The molecule has 0 bridgehead atoms. The van der Waals surface area contributed by atoms with Crippen molar-refractivity contribution in [2.75, 3.05) is 11.8 Å². The fraction of sp³-hybridized carbons (Fsp3) is 0.381. The van der Waals surface area contributed by atoms with Gasteiger partial charge in [0.25, 0.3) is 15.9 Å². The van der Waals surface area contributed by atoms with Crippen LogP contribution < -0.4 is 4.72 Å². The highest BCUT2D eigenvalue weighted by atomic mass is 32.2. The summed E-state index contributed by atoms with van der Waals surface area (Å²) in [6, 6.07) is 12.2. The predicted molar refractivity (Wildman–Crippen MR) is 107 cm³/mol. The van der Waals surface area contributed by atoms with E-state index in [1.165, 1.54) is 6.07 Å². The Hall–Kier alpha value is -2.34. The normalized spacial score (nSPS) is 15.3. The van der Waals surface area contributed by atoms with Crippen LogP contribution in [0.2, 0.25) is 0 Å². The molecule has 27 heavy (non-hydrogen) atoms. The predicted octanol–water partition coefficient (Wildman–Crippen LogP) is 3.97. The second kappa shape index (κ2) is 7.35.